The van der Waals surface area contributed by atoms with Crippen LogP contribution in [0.4, 0.5) is 26.3 Å². The molecular formula is C53H27F6N5. The molecule has 0 atom stereocenters. The second-order valence-corrected chi connectivity index (χ2v) is 15.3. The average molecular weight is 848 g/mol. The Hall–Kier alpha value is -8.59. The average Bonchev–Trinajstić information content (AvgIpc) is 3.82. The van der Waals surface area contributed by atoms with E-state index in [1.165, 1.54) is 12.1 Å². The molecule has 0 N–H and O–H groups in total. The van der Waals surface area contributed by atoms with E-state index in [2.05, 4.69) is 18.2 Å². The summed E-state index contributed by atoms with van der Waals surface area (Å²) in [5.41, 5.74) is 2.57. The number of halogens is 6. The van der Waals surface area contributed by atoms with E-state index in [4.69, 9.17) is 0 Å². The molecule has 0 spiro atoms. The molecule has 10 aromatic rings. The zero-order valence-corrected chi connectivity index (χ0v) is 33.1. The summed E-state index contributed by atoms with van der Waals surface area (Å²) in [5, 5.41) is 32.7. The number of rotatable bonds is 5. The molecule has 306 valence electrons. The number of aromatic nitrogens is 2. The molecule has 0 aliphatic carbocycles. The molecule has 0 fully saturated rings. The molecule has 0 aliphatic rings. The Labute approximate surface area is 360 Å². The first-order valence-corrected chi connectivity index (χ1v) is 19.8. The van der Waals surface area contributed by atoms with Crippen molar-refractivity contribution in [2.45, 2.75) is 12.4 Å². The number of hydrogen-bond donors (Lipinski definition) is 0. The van der Waals surface area contributed by atoms with Crippen LogP contribution in [0.2, 0.25) is 0 Å². The van der Waals surface area contributed by atoms with Crippen molar-refractivity contribution in [3.8, 4) is 63.0 Å². The number of alkyl halides is 6. The van der Waals surface area contributed by atoms with Crippen LogP contribution in [0, 0.1) is 34.0 Å². The number of para-hydroxylation sites is 2. The van der Waals surface area contributed by atoms with Crippen molar-refractivity contribution in [2.75, 3.05) is 0 Å². The summed E-state index contributed by atoms with van der Waals surface area (Å²) in [6.07, 6.45) is -10.1. The van der Waals surface area contributed by atoms with Crippen molar-refractivity contribution in [2.24, 2.45) is 0 Å². The fraction of sp³-hybridized carbons (Fsp3) is 0.0377. The summed E-state index contributed by atoms with van der Waals surface area (Å²) >= 11 is 0. The van der Waals surface area contributed by atoms with Gasteiger partial charge in [-0.2, -0.15) is 42.1 Å². The van der Waals surface area contributed by atoms with Gasteiger partial charge in [0.2, 0.25) is 0 Å². The highest BCUT2D eigenvalue weighted by molar-refractivity contribution is 6.13. The third kappa shape index (κ3) is 6.48. The van der Waals surface area contributed by atoms with Gasteiger partial charge >= 0.3 is 12.4 Å². The maximum atomic E-state index is 15.4. The maximum absolute atomic E-state index is 15.4. The van der Waals surface area contributed by atoms with Gasteiger partial charge in [-0.1, -0.05) is 72.8 Å². The lowest BCUT2D eigenvalue weighted by molar-refractivity contribution is -0.141. The van der Waals surface area contributed by atoms with E-state index in [0.717, 1.165) is 22.3 Å². The summed E-state index contributed by atoms with van der Waals surface area (Å²) in [6, 6.07) is 50.2. The van der Waals surface area contributed by atoms with E-state index in [0.29, 0.717) is 72.9 Å². The topological polar surface area (TPSA) is 81.2 Å². The summed E-state index contributed by atoms with van der Waals surface area (Å²) in [7, 11) is 0. The predicted octanol–water partition coefficient (Wildman–Crippen LogP) is 14.5. The minimum atomic E-state index is -5.11. The molecular weight excluding hydrogens is 821 g/mol. The zero-order chi connectivity index (χ0) is 44.5. The van der Waals surface area contributed by atoms with E-state index in [1.807, 2.05) is 60.7 Å². The molecule has 2 aromatic heterocycles. The molecule has 0 bridgehead atoms. The van der Waals surface area contributed by atoms with Gasteiger partial charge in [0.25, 0.3) is 0 Å². The van der Waals surface area contributed by atoms with Crippen molar-refractivity contribution < 1.29 is 26.3 Å². The minimum Gasteiger partial charge on any atom is -0.308 e. The van der Waals surface area contributed by atoms with Crippen molar-refractivity contribution in [3.05, 3.63) is 192 Å². The molecule has 0 saturated carbocycles. The van der Waals surface area contributed by atoms with Gasteiger partial charge < -0.3 is 9.13 Å². The molecule has 0 amide bonds. The van der Waals surface area contributed by atoms with Crippen molar-refractivity contribution >= 4 is 43.6 Å². The molecule has 10 rings (SSSR count). The van der Waals surface area contributed by atoms with Gasteiger partial charge in [0.1, 0.15) is 0 Å². The first-order chi connectivity index (χ1) is 30.9. The summed E-state index contributed by atoms with van der Waals surface area (Å²) in [6.45, 7) is 0. The zero-order valence-electron chi connectivity index (χ0n) is 33.1. The Morgan fingerprint density at radius 3 is 1.28 bits per heavy atom. The molecule has 11 heteroatoms. The van der Waals surface area contributed by atoms with Gasteiger partial charge in [-0.3, -0.25) is 0 Å². The van der Waals surface area contributed by atoms with Crippen LogP contribution in [0.5, 0.6) is 0 Å². The standard InChI is InChI=1S/C53H27F6N5/c54-52(55,56)38-17-18-44(53(57,58)59)43(27-38)51-49(63-45-13-3-1-11-39(45)41-25-36(15-19-47(41)63)34-9-5-7-31(21-34)28-60)23-33(30-62)24-50(51)64-46-14-4-2-12-40(46)42-26-37(16-20-48(42)64)35-10-6-8-32(22-35)29-61/h1-27H. The number of nitriles is 3. The second kappa shape index (κ2) is 14.8. The first-order valence-electron chi connectivity index (χ1n) is 19.8. The van der Waals surface area contributed by atoms with Gasteiger partial charge in [0.05, 0.1) is 79.5 Å². The van der Waals surface area contributed by atoms with Crippen LogP contribution in [-0.4, -0.2) is 9.13 Å². The van der Waals surface area contributed by atoms with Gasteiger partial charge in [-0.05, 0) is 119 Å². The predicted molar refractivity (Wildman–Crippen MR) is 236 cm³/mol. The number of hydrogen-bond acceptors (Lipinski definition) is 3. The van der Waals surface area contributed by atoms with Crippen molar-refractivity contribution in [1.82, 2.24) is 9.13 Å². The summed E-state index contributed by atoms with van der Waals surface area (Å²) < 4.78 is 93.7. The molecule has 0 aliphatic heterocycles. The highest BCUT2D eigenvalue weighted by Gasteiger charge is 2.39. The second-order valence-electron chi connectivity index (χ2n) is 15.3. The van der Waals surface area contributed by atoms with Crippen molar-refractivity contribution in [3.63, 3.8) is 0 Å². The van der Waals surface area contributed by atoms with Crippen LogP contribution in [0.25, 0.3) is 88.4 Å². The fourth-order valence-electron chi connectivity index (χ4n) is 8.84. The smallest absolute Gasteiger partial charge is 0.308 e. The number of nitrogens with zero attached hydrogens (tertiary/aromatic N) is 5. The lowest BCUT2D eigenvalue weighted by Crippen LogP contribution is -2.13. The molecule has 0 saturated heterocycles. The Morgan fingerprint density at radius 2 is 0.828 bits per heavy atom. The highest BCUT2D eigenvalue weighted by atomic mass is 19.4. The van der Waals surface area contributed by atoms with E-state index in [1.54, 1.807) is 81.9 Å². The maximum Gasteiger partial charge on any atom is 0.417 e. The van der Waals surface area contributed by atoms with E-state index in [-0.39, 0.29) is 22.5 Å². The van der Waals surface area contributed by atoms with E-state index in [9.17, 15) is 29.0 Å². The van der Waals surface area contributed by atoms with Crippen LogP contribution in [0.3, 0.4) is 0 Å². The Morgan fingerprint density at radius 1 is 0.375 bits per heavy atom. The lowest BCUT2D eigenvalue weighted by atomic mass is 9.92. The minimum absolute atomic E-state index is 0.0418. The molecule has 8 aromatic carbocycles. The van der Waals surface area contributed by atoms with Gasteiger partial charge in [0, 0.05) is 27.1 Å². The molecule has 2 heterocycles. The summed E-state index contributed by atoms with van der Waals surface area (Å²) in [5.74, 6) is 0. The monoisotopic (exact) mass is 847 g/mol. The summed E-state index contributed by atoms with van der Waals surface area (Å²) in [4.78, 5) is 0. The quantitative estimate of drug-likeness (QED) is 0.162. The molecule has 64 heavy (non-hydrogen) atoms. The number of benzene rings is 8. The van der Waals surface area contributed by atoms with Crippen LogP contribution in [0.15, 0.2) is 164 Å². The van der Waals surface area contributed by atoms with Crippen molar-refractivity contribution in [1.29, 1.82) is 15.8 Å². The number of fused-ring (bicyclic) bond motifs is 6. The molecule has 0 radical (unpaired) electrons. The Kier molecular flexibility index (Phi) is 9.14. The van der Waals surface area contributed by atoms with Crippen LogP contribution < -0.4 is 0 Å². The highest BCUT2D eigenvalue weighted by Crippen LogP contribution is 2.48. The van der Waals surface area contributed by atoms with Crippen LogP contribution in [0.1, 0.15) is 27.8 Å². The van der Waals surface area contributed by atoms with Gasteiger partial charge in [-0.15, -0.1) is 0 Å². The van der Waals surface area contributed by atoms with E-state index >= 15 is 13.2 Å². The Balaban J connectivity index is 1.37. The first kappa shape index (κ1) is 39.5. The molecule has 0 unspecified atom stereocenters. The SMILES string of the molecule is N#Cc1cccc(-c2ccc3c(c2)c2ccccc2n3-c2cc(C#N)cc(-n3c4ccccc4c4cc(-c5cccc(C#N)c5)ccc43)c2-c2cc(C(F)(F)F)ccc2C(F)(F)F)c1. The van der Waals surface area contributed by atoms with Gasteiger partial charge in [-0.25, -0.2) is 0 Å². The Bertz CT molecular complexity index is 3500. The van der Waals surface area contributed by atoms with E-state index < -0.39 is 29.0 Å². The fourth-order valence-corrected chi connectivity index (χ4v) is 8.84. The van der Waals surface area contributed by atoms with Crippen LogP contribution >= 0.6 is 0 Å². The third-order valence-electron chi connectivity index (χ3n) is 11.6. The third-order valence-corrected chi connectivity index (χ3v) is 11.6. The van der Waals surface area contributed by atoms with Crippen LogP contribution in [-0.2, 0) is 12.4 Å². The molecule has 5 nitrogen and oxygen atoms in total. The van der Waals surface area contributed by atoms with Gasteiger partial charge in [0.15, 0.2) is 0 Å². The largest absolute Gasteiger partial charge is 0.417 e. The normalized spacial score (nSPS) is 11.9. The lowest BCUT2D eigenvalue weighted by Gasteiger charge is -2.24.